The predicted molar refractivity (Wildman–Crippen MR) is 188 cm³/mol. The van der Waals surface area contributed by atoms with Gasteiger partial charge in [-0.25, -0.2) is 9.97 Å². The van der Waals surface area contributed by atoms with Gasteiger partial charge in [0.05, 0.1) is 42.5 Å². The van der Waals surface area contributed by atoms with Crippen LogP contribution in [0.15, 0.2) is 91.4 Å². The number of imidazole rings is 1. The second kappa shape index (κ2) is 12.2. The molecule has 3 aromatic heterocycles. The third-order valence-electron chi connectivity index (χ3n) is 9.32. The van der Waals surface area contributed by atoms with E-state index in [1.54, 1.807) is 12.3 Å². The molecule has 1 atom stereocenters. The largest absolute Gasteiger partial charge is 0.469 e. The number of aromatic nitrogens is 4. The van der Waals surface area contributed by atoms with Gasteiger partial charge in [-0.3, -0.25) is 9.59 Å². The van der Waals surface area contributed by atoms with Crippen LogP contribution >= 0.6 is 23.2 Å². The number of nitrogens with zero attached hydrogens (tertiary/aromatic N) is 4. The van der Waals surface area contributed by atoms with Gasteiger partial charge in [-0.1, -0.05) is 65.7 Å². The van der Waals surface area contributed by atoms with Crippen LogP contribution in [0.4, 0.5) is 11.5 Å². The number of carbonyl (C=O) groups is 2. The first-order chi connectivity index (χ1) is 23.4. The number of methoxy groups -OCH3 is 1. The summed E-state index contributed by atoms with van der Waals surface area (Å²) in [5.41, 5.74) is 6.95. The summed E-state index contributed by atoms with van der Waals surface area (Å²) in [7, 11) is 1.42. The Bertz CT molecular complexity index is 2190. The summed E-state index contributed by atoms with van der Waals surface area (Å²) in [6.07, 6.45) is 4.83. The van der Waals surface area contributed by atoms with Crippen molar-refractivity contribution in [2.75, 3.05) is 30.4 Å². The van der Waals surface area contributed by atoms with E-state index < -0.39 is 0 Å². The van der Waals surface area contributed by atoms with Crippen molar-refractivity contribution in [2.24, 2.45) is 5.92 Å². The fourth-order valence-electron chi connectivity index (χ4n) is 7.12. The minimum atomic E-state index is -0.321. The molecule has 240 valence electrons. The first-order valence-corrected chi connectivity index (χ1v) is 16.5. The molecule has 6 aromatic rings. The Morgan fingerprint density at radius 3 is 2.46 bits per heavy atom. The summed E-state index contributed by atoms with van der Waals surface area (Å²) in [5.74, 6) is -0.00292. The molecule has 2 aliphatic heterocycles. The summed E-state index contributed by atoms with van der Waals surface area (Å²) in [6.45, 7) is 1.23. The number of H-pyrrole nitrogens is 1. The van der Waals surface area contributed by atoms with E-state index in [4.69, 9.17) is 32.9 Å². The number of ether oxygens (including phenoxy) is 1. The molecular formula is C37H30Cl2N6O3. The zero-order valence-electron chi connectivity index (χ0n) is 25.9. The van der Waals surface area contributed by atoms with Crippen molar-refractivity contribution in [2.45, 2.75) is 18.9 Å². The number of pyridine rings is 1. The molecule has 2 N–H and O–H groups in total. The zero-order chi connectivity index (χ0) is 32.9. The van der Waals surface area contributed by atoms with Crippen molar-refractivity contribution in [3.05, 3.63) is 118 Å². The van der Waals surface area contributed by atoms with E-state index in [0.717, 1.165) is 44.5 Å². The monoisotopic (exact) mass is 676 g/mol. The predicted octanol–water partition coefficient (Wildman–Crippen LogP) is 7.99. The quantitative estimate of drug-likeness (QED) is 0.173. The lowest BCUT2D eigenvalue weighted by atomic mass is 9.88. The van der Waals surface area contributed by atoms with Crippen LogP contribution in [0.5, 0.6) is 0 Å². The molecule has 1 unspecified atom stereocenters. The van der Waals surface area contributed by atoms with Gasteiger partial charge in [0.2, 0.25) is 0 Å². The Labute approximate surface area is 286 Å². The number of aromatic amines is 1. The van der Waals surface area contributed by atoms with Gasteiger partial charge < -0.3 is 24.5 Å². The maximum atomic E-state index is 14.4. The van der Waals surface area contributed by atoms with E-state index >= 15 is 0 Å². The average molecular weight is 678 g/mol. The van der Waals surface area contributed by atoms with Crippen LogP contribution < -0.4 is 10.2 Å². The van der Waals surface area contributed by atoms with Crippen LogP contribution in [0.2, 0.25) is 10.0 Å². The molecule has 8 rings (SSSR count). The van der Waals surface area contributed by atoms with Crippen LogP contribution in [0.3, 0.4) is 0 Å². The maximum absolute atomic E-state index is 14.4. The second-order valence-corrected chi connectivity index (χ2v) is 12.9. The van der Waals surface area contributed by atoms with Crippen LogP contribution in [0, 0.1) is 5.92 Å². The molecule has 3 aromatic carbocycles. The molecule has 0 bridgehead atoms. The number of carbonyl (C=O) groups excluding carboxylic acids is 2. The Morgan fingerprint density at radius 2 is 1.71 bits per heavy atom. The molecule has 1 amide bonds. The summed E-state index contributed by atoms with van der Waals surface area (Å²) in [4.78, 5) is 41.7. The lowest BCUT2D eigenvalue weighted by Crippen LogP contribution is -2.37. The van der Waals surface area contributed by atoms with Gasteiger partial charge in [0.1, 0.15) is 5.69 Å². The maximum Gasteiger partial charge on any atom is 0.308 e. The Balaban J connectivity index is 1.25. The summed E-state index contributed by atoms with van der Waals surface area (Å²) in [5, 5.41) is 5.25. The average Bonchev–Trinajstić information content (AvgIpc) is 3.72. The molecule has 9 nitrogen and oxygen atoms in total. The Hall–Kier alpha value is -5.12. The molecule has 0 aliphatic carbocycles. The van der Waals surface area contributed by atoms with Crippen LogP contribution in [-0.4, -0.2) is 51.6 Å². The molecule has 0 spiro atoms. The van der Waals surface area contributed by atoms with Crippen LogP contribution in [0.25, 0.3) is 33.4 Å². The number of hydrogen-bond acceptors (Lipinski definition) is 6. The fraction of sp³-hybridized carbons (Fsp3) is 0.189. The third-order valence-corrected chi connectivity index (χ3v) is 9.79. The molecule has 5 heterocycles. The van der Waals surface area contributed by atoms with E-state index in [9.17, 15) is 9.59 Å². The van der Waals surface area contributed by atoms with Crippen molar-refractivity contribution in [1.29, 1.82) is 0 Å². The molecule has 48 heavy (non-hydrogen) atoms. The zero-order valence-corrected chi connectivity index (χ0v) is 27.4. The lowest BCUT2D eigenvalue weighted by Gasteiger charge is -2.32. The third kappa shape index (κ3) is 5.10. The topological polar surface area (TPSA) is 105 Å². The van der Waals surface area contributed by atoms with E-state index in [1.165, 1.54) is 7.11 Å². The Morgan fingerprint density at radius 1 is 0.938 bits per heavy atom. The normalized spacial score (nSPS) is 15.7. The smallest absolute Gasteiger partial charge is 0.308 e. The van der Waals surface area contributed by atoms with Gasteiger partial charge in [0.25, 0.3) is 5.91 Å². The molecule has 0 radical (unpaired) electrons. The van der Waals surface area contributed by atoms with Crippen molar-refractivity contribution < 1.29 is 14.3 Å². The minimum Gasteiger partial charge on any atom is -0.469 e. The molecule has 1 fully saturated rings. The number of fused-ring (bicyclic) bond motifs is 2. The van der Waals surface area contributed by atoms with Gasteiger partial charge in [-0.05, 0) is 60.4 Å². The molecular weight excluding hydrogens is 647 g/mol. The molecule has 1 saturated heterocycles. The highest BCUT2D eigenvalue weighted by Gasteiger charge is 2.36. The highest BCUT2D eigenvalue weighted by atomic mass is 35.5. The van der Waals surface area contributed by atoms with Crippen LogP contribution in [-0.2, 0) is 9.53 Å². The SMILES string of the molecule is COC(=O)C1CCN(c2ncccc2NC(=O)c2[nH]c3cc(Cl)cc4c3c2-c2c(-c3ccccc3)ncn2C4c2ccc(Cl)cc2)CC1. The van der Waals surface area contributed by atoms with Gasteiger partial charge in [-0.2, -0.15) is 0 Å². The summed E-state index contributed by atoms with van der Waals surface area (Å²) in [6, 6.07) is 24.9. The number of nitrogens with one attached hydrogen (secondary N) is 2. The standard InChI is InChI=1S/C37H30Cl2N6O3/c1-48-37(47)23-13-16-44(17-14-23)35-27(8-5-15-40-35)43-36(46)32-30-29-26(18-25(39)19-28(29)42-32)33(22-9-11-24(38)12-10-22)45-20-41-31(34(30)45)21-6-3-2-4-7-21/h2-12,15,18-20,23,33,42H,13-14,16-17H2,1H3,(H,43,46). The molecule has 11 heteroatoms. The minimum absolute atomic E-state index is 0.145. The number of piperidine rings is 1. The Kier molecular flexibility index (Phi) is 7.66. The number of esters is 1. The summed E-state index contributed by atoms with van der Waals surface area (Å²) >= 11 is 13.0. The number of rotatable bonds is 6. The van der Waals surface area contributed by atoms with E-state index in [1.807, 2.05) is 79.1 Å². The van der Waals surface area contributed by atoms with Gasteiger partial charge in [-0.15, -0.1) is 0 Å². The first-order valence-electron chi connectivity index (χ1n) is 15.7. The second-order valence-electron chi connectivity index (χ2n) is 12.1. The number of anilines is 2. The van der Waals surface area contributed by atoms with Crippen LogP contribution in [0.1, 0.15) is 40.5 Å². The van der Waals surface area contributed by atoms with E-state index in [0.29, 0.717) is 53.2 Å². The highest BCUT2D eigenvalue weighted by Crippen LogP contribution is 2.50. The van der Waals surface area contributed by atoms with Crippen molar-refractivity contribution in [1.82, 2.24) is 19.5 Å². The number of amides is 1. The van der Waals surface area contributed by atoms with Crippen molar-refractivity contribution in [3.8, 4) is 22.5 Å². The fourth-order valence-corrected chi connectivity index (χ4v) is 7.47. The number of halogens is 2. The van der Waals surface area contributed by atoms with E-state index in [-0.39, 0.29) is 23.8 Å². The summed E-state index contributed by atoms with van der Waals surface area (Å²) < 4.78 is 7.08. The highest BCUT2D eigenvalue weighted by molar-refractivity contribution is 6.32. The number of benzene rings is 3. The first kappa shape index (κ1) is 30.2. The van der Waals surface area contributed by atoms with Gasteiger partial charge >= 0.3 is 5.97 Å². The van der Waals surface area contributed by atoms with Crippen molar-refractivity contribution >= 4 is 57.5 Å². The lowest BCUT2D eigenvalue weighted by molar-refractivity contribution is -0.146. The van der Waals surface area contributed by atoms with Gasteiger partial charge in [0, 0.05) is 51.4 Å². The molecule has 0 saturated carbocycles. The van der Waals surface area contributed by atoms with Crippen molar-refractivity contribution in [3.63, 3.8) is 0 Å². The number of hydrogen-bond donors (Lipinski definition) is 2. The molecule has 2 aliphatic rings. The van der Waals surface area contributed by atoms with E-state index in [2.05, 4.69) is 24.8 Å². The van der Waals surface area contributed by atoms with Gasteiger partial charge in [0.15, 0.2) is 5.82 Å².